The number of sulfonamides is 1. The Morgan fingerprint density at radius 3 is 2.48 bits per heavy atom. The van der Waals surface area contributed by atoms with Crippen LogP contribution in [-0.4, -0.2) is 14.5 Å². The van der Waals surface area contributed by atoms with Crippen molar-refractivity contribution in [2.24, 2.45) is 5.14 Å². The minimum absolute atomic E-state index is 0.140. The van der Waals surface area contributed by atoms with Gasteiger partial charge in [0.1, 0.15) is 0 Å². The highest BCUT2D eigenvalue weighted by atomic mass is 35.5. The fourth-order valence-corrected chi connectivity index (χ4v) is 4.02. The summed E-state index contributed by atoms with van der Waals surface area (Å²) in [5.74, 6) is 0. The van der Waals surface area contributed by atoms with Crippen LogP contribution in [0.4, 0.5) is 5.69 Å². The van der Waals surface area contributed by atoms with Crippen molar-refractivity contribution >= 4 is 38.9 Å². The van der Waals surface area contributed by atoms with E-state index in [0.29, 0.717) is 16.6 Å². The molecule has 2 N–H and O–H groups in total. The number of nitrogens with two attached hydrogens (primary N) is 1. The number of benzene rings is 2. The molecule has 0 bridgehead atoms. The quantitative estimate of drug-likeness (QED) is 0.897. The van der Waals surface area contributed by atoms with Crippen LogP contribution in [0.2, 0.25) is 10.0 Å². The molecule has 122 valence electrons. The summed E-state index contributed by atoms with van der Waals surface area (Å²) in [4.78, 5) is 2.32. The van der Waals surface area contributed by atoms with E-state index in [2.05, 4.69) is 11.8 Å². The maximum absolute atomic E-state index is 11.5. The Balaban J connectivity index is 1.98. The van der Waals surface area contributed by atoms with Gasteiger partial charge in [0, 0.05) is 33.9 Å². The Labute approximate surface area is 145 Å². The van der Waals surface area contributed by atoms with Crippen LogP contribution >= 0.6 is 23.2 Å². The fraction of sp³-hybridized carbons (Fsp3) is 0.250. The molecule has 0 amide bonds. The summed E-state index contributed by atoms with van der Waals surface area (Å²) in [5.41, 5.74) is 2.82. The van der Waals surface area contributed by atoms with Crippen LogP contribution < -0.4 is 10.0 Å². The van der Waals surface area contributed by atoms with Crippen molar-refractivity contribution in [3.05, 3.63) is 57.6 Å². The van der Waals surface area contributed by atoms with Gasteiger partial charge in [0.25, 0.3) is 0 Å². The zero-order chi connectivity index (χ0) is 16.8. The number of rotatable bonds is 3. The van der Waals surface area contributed by atoms with Crippen LogP contribution in [0.15, 0.2) is 41.3 Å². The molecule has 1 aliphatic rings. The maximum Gasteiger partial charge on any atom is 0.238 e. The number of fused-ring (bicyclic) bond motifs is 1. The third-order valence-electron chi connectivity index (χ3n) is 4.13. The molecule has 4 nitrogen and oxygen atoms in total. The molecule has 7 heteroatoms. The third-order valence-corrected chi connectivity index (χ3v) is 5.75. The summed E-state index contributed by atoms with van der Waals surface area (Å²) in [6.45, 7) is 2.66. The highest BCUT2D eigenvalue weighted by Crippen LogP contribution is 2.36. The Morgan fingerprint density at radius 1 is 1.22 bits per heavy atom. The van der Waals surface area contributed by atoms with Crippen molar-refractivity contribution in [3.63, 3.8) is 0 Å². The van der Waals surface area contributed by atoms with Gasteiger partial charge in [-0.05, 0) is 49.2 Å². The van der Waals surface area contributed by atoms with Gasteiger partial charge in [0.05, 0.1) is 4.90 Å². The van der Waals surface area contributed by atoms with Gasteiger partial charge in [0.2, 0.25) is 10.0 Å². The fourth-order valence-electron chi connectivity index (χ4n) is 2.94. The van der Waals surface area contributed by atoms with E-state index in [9.17, 15) is 8.42 Å². The van der Waals surface area contributed by atoms with Crippen LogP contribution in [0.3, 0.4) is 0 Å². The van der Waals surface area contributed by atoms with Gasteiger partial charge < -0.3 is 4.90 Å². The molecule has 1 atom stereocenters. The van der Waals surface area contributed by atoms with Crippen LogP contribution in [-0.2, 0) is 23.0 Å². The summed E-state index contributed by atoms with van der Waals surface area (Å²) < 4.78 is 23.0. The summed E-state index contributed by atoms with van der Waals surface area (Å²) in [5, 5.41) is 6.46. The largest absolute Gasteiger partial charge is 0.364 e. The molecule has 2 aromatic carbocycles. The lowest BCUT2D eigenvalue weighted by molar-refractivity contribution is 0.597. The SMILES string of the molecule is C[C@H]1Cc2cc(S(N)(=O)=O)ccc2N1Cc1c(Cl)cccc1Cl. The maximum atomic E-state index is 11.5. The molecule has 0 spiro atoms. The summed E-state index contributed by atoms with van der Waals surface area (Å²) in [6, 6.07) is 10.6. The third kappa shape index (κ3) is 3.19. The van der Waals surface area contributed by atoms with E-state index >= 15 is 0 Å². The molecule has 3 rings (SSSR count). The first kappa shape index (κ1) is 16.6. The molecule has 0 aromatic heterocycles. The first-order valence-electron chi connectivity index (χ1n) is 7.12. The topological polar surface area (TPSA) is 63.4 Å². The molecule has 0 unspecified atom stereocenters. The van der Waals surface area contributed by atoms with Crippen molar-refractivity contribution in [2.75, 3.05) is 4.90 Å². The van der Waals surface area contributed by atoms with Gasteiger partial charge in [-0.25, -0.2) is 13.6 Å². The second-order valence-electron chi connectivity index (χ2n) is 5.72. The van der Waals surface area contributed by atoms with E-state index < -0.39 is 10.0 Å². The molecule has 2 aromatic rings. The standard InChI is InChI=1S/C16H16Cl2N2O2S/c1-10-7-11-8-12(23(19,21)22)5-6-16(11)20(10)9-13-14(17)3-2-4-15(13)18/h2-6,8,10H,7,9H2,1H3,(H2,19,21,22)/t10-/m0/s1. The lowest BCUT2D eigenvalue weighted by Gasteiger charge is -2.26. The molecule has 0 radical (unpaired) electrons. The second kappa shape index (κ2) is 5.98. The Hall–Kier alpha value is -1.27. The molecule has 0 saturated carbocycles. The minimum atomic E-state index is -3.69. The van der Waals surface area contributed by atoms with E-state index in [-0.39, 0.29) is 10.9 Å². The lowest BCUT2D eigenvalue weighted by atomic mass is 10.1. The van der Waals surface area contributed by atoms with E-state index in [0.717, 1.165) is 23.2 Å². The highest BCUT2D eigenvalue weighted by Gasteiger charge is 2.28. The number of primary sulfonamides is 1. The molecule has 0 aliphatic carbocycles. The van der Waals surface area contributed by atoms with Gasteiger partial charge in [-0.2, -0.15) is 0 Å². The summed E-state index contributed by atoms with van der Waals surface area (Å²) in [6.07, 6.45) is 0.751. The van der Waals surface area contributed by atoms with Crippen LogP contribution in [0.5, 0.6) is 0 Å². The monoisotopic (exact) mass is 370 g/mol. The van der Waals surface area contributed by atoms with Gasteiger partial charge >= 0.3 is 0 Å². The Morgan fingerprint density at radius 2 is 1.87 bits per heavy atom. The average Bonchev–Trinajstić information content (AvgIpc) is 2.77. The first-order chi connectivity index (χ1) is 10.8. The molecule has 1 heterocycles. The van der Waals surface area contributed by atoms with E-state index in [1.807, 2.05) is 18.2 Å². The summed E-state index contributed by atoms with van der Waals surface area (Å²) >= 11 is 12.5. The first-order valence-corrected chi connectivity index (χ1v) is 9.43. The second-order valence-corrected chi connectivity index (χ2v) is 8.09. The van der Waals surface area contributed by atoms with Crippen LogP contribution in [0.1, 0.15) is 18.1 Å². The van der Waals surface area contributed by atoms with Crippen molar-refractivity contribution in [1.82, 2.24) is 0 Å². The van der Waals surface area contributed by atoms with Gasteiger partial charge in [0.15, 0.2) is 0 Å². The predicted molar refractivity (Wildman–Crippen MR) is 93.6 cm³/mol. The minimum Gasteiger partial charge on any atom is -0.364 e. The number of nitrogens with zero attached hydrogens (tertiary/aromatic N) is 1. The smallest absolute Gasteiger partial charge is 0.238 e. The predicted octanol–water partition coefficient (Wildman–Crippen LogP) is 3.59. The van der Waals surface area contributed by atoms with Crippen molar-refractivity contribution in [3.8, 4) is 0 Å². The van der Waals surface area contributed by atoms with Gasteiger partial charge in [-0.3, -0.25) is 0 Å². The Bertz CT molecular complexity index is 848. The van der Waals surface area contributed by atoms with E-state index in [4.69, 9.17) is 28.3 Å². The number of anilines is 1. The molecule has 0 fully saturated rings. The Kier molecular flexibility index (Phi) is 4.31. The van der Waals surface area contributed by atoms with Crippen molar-refractivity contribution in [2.45, 2.75) is 30.8 Å². The van der Waals surface area contributed by atoms with Crippen LogP contribution in [0, 0.1) is 0 Å². The summed E-state index contributed by atoms with van der Waals surface area (Å²) in [7, 11) is -3.69. The molecule has 1 aliphatic heterocycles. The normalized spacial score (nSPS) is 17.4. The van der Waals surface area contributed by atoms with Crippen molar-refractivity contribution < 1.29 is 8.42 Å². The van der Waals surface area contributed by atoms with Crippen molar-refractivity contribution in [1.29, 1.82) is 0 Å². The molecular formula is C16H16Cl2N2O2S. The number of hydrogen-bond donors (Lipinski definition) is 1. The highest BCUT2D eigenvalue weighted by molar-refractivity contribution is 7.89. The molecular weight excluding hydrogens is 355 g/mol. The average molecular weight is 371 g/mol. The van der Waals surface area contributed by atoms with E-state index in [1.54, 1.807) is 12.1 Å². The van der Waals surface area contributed by atoms with E-state index in [1.165, 1.54) is 6.07 Å². The number of halogens is 2. The van der Waals surface area contributed by atoms with Gasteiger partial charge in [-0.15, -0.1) is 0 Å². The molecule has 0 saturated heterocycles. The zero-order valence-electron chi connectivity index (χ0n) is 12.5. The van der Waals surface area contributed by atoms with Crippen LogP contribution in [0.25, 0.3) is 0 Å². The zero-order valence-corrected chi connectivity index (χ0v) is 14.8. The van der Waals surface area contributed by atoms with Gasteiger partial charge in [-0.1, -0.05) is 29.3 Å². The lowest BCUT2D eigenvalue weighted by Crippen LogP contribution is -2.28. The number of hydrogen-bond acceptors (Lipinski definition) is 3. The molecule has 23 heavy (non-hydrogen) atoms.